The number of nitro benzene ring substituents is 1. The number of nitro groups is 1. The molecule has 1 aliphatic rings. The van der Waals surface area contributed by atoms with E-state index in [2.05, 4.69) is 5.32 Å². The molecular weight excluding hydrogens is 336 g/mol. The van der Waals surface area contributed by atoms with E-state index < -0.39 is 4.92 Å². The van der Waals surface area contributed by atoms with Crippen LogP contribution in [0.5, 0.6) is 11.5 Å². The molecule has 7 heteroatoms. The third kappa shape index (κ3) is 3.77. The Morgan fingerprint density at radius 3 is 2.54 bits per heavy atom. The van der Waals surface area contributed by atoms with Crippen LogP contribution in [0.15, 0.2) is 42.5 Å². The van der Waals surface area contributed by atoms with Crippen molar-refractivity contribution in [3.8, 4) is 11.5 Å². The van der Waals surface area contributed by atoms with Crippen molar-refractivity contribution in [2.45, 2.75) is 19.9 Å². The van der Waals surface area contributed by atoms with Gasteiger partial charge in [-0.25, -0.2) is 0 Å². The molecule has 1 atom stereocenters. The lowest BCUT2D eigenvalue weighted by Crippen LogP contribution is -2.32. The molecule has 0 spiro atoms. The third-order valence-electron chi connectivity index (χ3n) is 4.20. The fourth-order valence-corrected chi connectivity index (χ4v) is 2.87. The second-order valence-corrected chi connectivity index (χ2v) is 6.41. The SMILES string of the molecule is CC(C)[C@H](NC(=O)c1cccc([N+](=O)[O-])c1)c1ccc2c(c1)OCCO2. The Morgan fingerprint density at radius 2 is 1.85 bits per heavy atom. The highest BCUT2D eigenvalue weighted by Gasteiger charge is 2.22. The van der Waals surface area contributed by atoms with Crippen LogP contribution in [0.3, 0.4) is 0 Å². The van der Waals surface area contributed by atoms with E-state index in [0.717, 1.165) is 5.56 Å². The van der Waals surface area contributed by atoms with Crippen LogP contribution in [0.2, 0.25) is 0 Å². The molecule has 2 aromatic rings. The molecule has 0 unspecified atom stereocenters. The number of ether oxygens (including phenoxy) is 2. The summed E-state index contributed by atoms with van der Waals surface area (Å²) in [7, 11) is 0. The number of fused-ring (bicyclic) bond motifs is 1. The van der Waals surface area contributed by atoms with Crippen molar-refractivity contribution in [2.75, 3.05) is 13.2 Å². The maximum absolute atomic E-state index is 12.6. The van der Waals surface area contributed by atoms with Crippen LogP contribution in [0.4, 0.5) is 5.69 Å². The first-order valence-corrected chi connectivity index (χ1v) is 8.40. The van der Waals surface area contributed by atoms with Gasteiger partial charge in [0.1, 0.15) is 13.2 Å². The van der Waals surface area contributed by atoms with Gasteiger partial charge in [0, 0.05) is 17.7 Å². The Labute approximate surface area is 151 Å². The zero-order valence-electron chi connectivity index (χ0n) is 14.6. The molecule has 7 nitrogen and oxygen atoms in total. The lowest BCUT2D eigenvalue weighted by atomic mass is 9.95. The zero-order valence-corrected chi connectivity index (χ0v) is 14.6. The lowest BCUT2D eigenvalue weighted by Gasteiger charge is -2.25. The molecule has 0 bridgehead atoms. The maximum atomic E-state index is 12.6. The summed E-state index contributed by atoms with van der Waals surface area (Å²) >= 11 is 0. The first-order valence-electron chi connectivity index (χ1n) is 8.40. The van der Waals surface area contributed by atoms with Gasteiger partial charge in [0.05, 0.1) is 11.0 Å². The fourth-order valence-electron chi connectivity index (χ4n) is 2.87. The number of carbonyl (C=O) groups excluding carboxylic acids is 1. The van der Waals surface area contributed by atoms with Crippen molar-refractivity contribution in [2.24, 2.45) is 5.92 Å². The summed E-state index contributed by atoms with van der Waals surface area (Å²) in [5, 5.41) is 13.9. The molecular formula is C19H20N2O5. The molecule has 0 aliphatic carbocycles. The standard InChI is InChI=1S/C19H20N2O5/c1-12(2)18(13-6-7-16-17(11-13)26-9-8-25-16)20-19(22)14-4-3-5-15(10-14)21(23)24/h3-7,10-12,18H,8-9H2,1-2H3,(H,20,22)/t18-/m0/s1. The number of non-ortho nitro benzene ring substituents is 1. The number of carbonyl (C=O) groups is 1. The summed E-state index contributed by atoms with van der Waals surface area (Å²) in [4.78, 5) is 23.0. The van der Waals surface area contributed by atoms with Gasteiger partial charge < -0.3 is 14.8 Å². The van der Waals surface area contributed by atoms with Crippen LogP contribution in [-0.2, 0) is 0 Å². The van der Waals surface area contributed by atoms with Gasteiger partial charge in [0.2, 0.25) is 0 Å². The number of hydrogen-bond acceptors (Lipinski definition) is 5. The van der Waals surface area contributed by atoms with Crippen LogP contribution in [0.25, 0.3) is 0 Å². The van der Waals surface area contributed by atoms with Crippen molar-refractivity contribution in [3.05, 3.63) is 63.7 Å². The Bertz CT molecular complexity index is 834. The van der Waals surface area contributed by atoms with Gasteiger partial charge in [0.15, 0.2) is 11.5 Å². The Morgan fingerprint density at radius 1 is 1.12 bits per heavy atom. The van der Waals surface area contributed by atoms with Gasteiger partial charge >= 0.3 is 0 Å². The molecule has 0 aromatic heterocycles. The molecule has 1 amide bonds. The Hall–Kier alpha value is -3.09. The number of hydrogen-bond donors (Lipinski definition) is 1. The van der Waals surface area contributed by atoms with Crippen molar-refractivity contribution in [3.63, 3.8) is 0 Å². The van der Waals surface area contributed by atoms with E-state index in [1.54, 1.807) is 6.07 Å². The Kier molecular flexibility index (Phi) is 5.06. The van der Waals surface area contributed by atoms with Crippen LogP contribution in [0, 0.1) is 16.0 Å². The van der Waals surface area contributed by atoms with Crippen molar-refractivity contribution < 1.29 is 19.2 Å². The second kappa shape index (κ2) is 7.43. The summed E-state index contributed by atoms with van der Waals surface area (Å²) in [6, 6.07) is 11.0. The van der Waals surface area contributed by atoms with Gasteiger partial charge in [-0.15, -0.1) is 0 Å². The average molecular weight is 356 g/mol. The van der Waals surface area contributed by atoms with Gasteiger partial charge in [-0.2, -0.15) is 0 Å². The molecule has 1 N–H and O–H groups in total. The molecule has 0 fully saturated rings. The number of rotatable bonds is 5. The third-order valence-corrected chi connectivity index (χ3v) is 4.20. The van der Waals surface area contributed by atoms with Gasteiger partial charge in [-0.3, -0.25) is 14.9 Å². The van der Waals surface area contributed by atoms with E-state index in [9.17, 15) is 14.9 Å². The normalized spacial score (nSPS) is 14.0. The molecule has 0 saturated carbocycles. The molecule has 0 saturated heterocycles. The van der Waals surface area contributed by atoms with Gasteiger partial charge in [0.25, 0.3) is 11.6 Å². The quantitative estimate of drug-likeness (QED) is 0.654. The molecule has 1 heterocycles. The molecule has 1 aliphatic heterocycles. The average Bonchev–Trinajstić information content (AvgIpc) is 2.65. The maximum Gasteiger partial charge on any atom is 0.270 e. The van der Waals surface area contributed by atoms with Crippen molar-refractivity contribution >= 4 is 11.6 Å². The monoisotopic (exact) mass is 356 g/mol. The topological polar surface area (TPSA) is 90.7 Å². The van der Waals surface area contributed by atoms with E-state index in [-0.39, 0.29) is 29.1 Å². The smallest absolute Gasteiger partial charge is 0.270 e. The first kappa shape index (κ1) is 17.7. The highest BCUT2D eigenvalue weighted by atomic mass is 16.6. The number of nitrogens with one attached hydrogen (secondary N) is 1. The predicted molar refractivity (Wildman–Crippen MR) is 95.6 cm³/mol. The van der Waals surface area contributed by atoms with Gasteiger partial charge in [-0.05, 0) is 29.7 Å². The van der Waals surface area contributed by atoms with E-state index in [1.165, 1.54) is 18.2 Å². The molecule has 26 heavy (non-hydrogen) atoms. The number of benzene rings is 2. The van der Waals surface area contributed by atoms with E-state index >= 15 is 0 Å². The summed E-state index contributed by atoms with van der Waals surface area (Å²) < 4.78 is 11.1. The molecule has 0 radical (unpaired) electrons. The van der Waals surface area contributed by atoms with Crippen LogP contribution >= 0.6 is 0 Å². The number of nitrogens with zero attached hydrogens (tertiary/aromatic N) is 1. The molecule has 2 aromatic carbocycles. The Balaban J connectivity index is 1.84. The minimum atomic E-state index is -0.516. The van der Waals surface area contributed by atoms with Crippen LogP contribution in [-0.4, -0.2) is 24.0 Å². The molecule has 136 valence electrons. The first-order chi connectivity index (χ1) is 12.5. The van der Waals surface area contributed by atoms with E-state index in [1.807, 2.05) is 32.0 Å². The fraction of sp³-hybridized carbons (Fsp3) is 0.316. The lowest BCUT2D eigenvalue weighted by molar-refractivity contribution is -0.384. The van der Waals surface area contributed by atoms with E-state index in [0.29, 0.717) is 24.7 Å². The van der Waals surface area contributed by atoms with E-state index in [4.69, 9.17) is 9.47 Å². The minimum absolute atomic E-state index is 0.111. The predicted octanol–water partition coefficient (Wildman–Crippen LogP) is 3.49. The van der Waals surface area contributed by atoms with Gasteiger partial charge in [-0.1, -0.05) is 26.0 Å². The number of amides is 1. The highest BCUT2D eigenvalue weighted by Crippen LogP contribution is 2.34. The van der Waals surface area contributed by atoms with Crippen LogP contribution < -0.4 is 14.8 Å². The highest BCUT2D eigenvalue weighted by molar-refractivity contribution is 5.95. The summed E-state index contributed by atoms with van der Waals surface area (Å²) in [6.45, 7) is 5.00. The second-order valence-electron chi connectivity index (χ2n) is 6.41. The summed E-state index contributed by atoms with van der Waals surface area (Å²) in [5.41, 5.74) is 1.03. The summed E-state index contributed by atoms with van der Waals surface area (Å²) in [6.07, 6.45) is 0. The largest absolute Gasteiger partial charge is 0.486 e. The zero-order chi connectivity index (χ0) is 18.7. The summed E-state index contributed by atoms with van der Waals surface area (Å²) in [5.74, 6) is 1.10. The minimum Gasteiger partial charge on any atom is -0.486 e. The van der Waals surface area contributed by atoms with Crippen molar-refractivity contribution in [1.29, 1.82) is 0 Å². The van der Waals surface area contributed by atoms with Crippen LogP contribution in [0.1, 0.15) is 35.8 Å². The van der Waals surface area contributed by atoms with Crippen molar-refractivity contribution in [1.82, 2.24) is 5.32 Å². The molecule has 3 rings (SSSR count).